The number of nitrogens with zero attached hydrogens (tertiary/aromatic N) is 1. The normalized spacial score (nSPS) is 32.4. The van der Waals surface area contributed by atoms with Crippen molar-refractivity contribution in [1.29, 1.82) is 0 Å². The minimum Gasteiger partial charge on any atom is -0.493 e. The van der Waals surface area contributed by atoms with Gasteiger partial charge < -0.3 is 14.2 Å². The molecule has 1 spiro atoms. The number of fused-ring (bicyclic) bond motifs is 3. The molecule has 0 aromatic heterocycles. The molecule has 1 aromatic carbocycles. The fourth-order valence-corrected chi connectivity index (χ4v) is 5.28. The molecule has 3 fully saturated rings. The van der Waals surface area contributed by atoms with Gasteiger partial charge in [-0.2, -0.15) is 0 Å². The Bertz CT molecular complexity index is 596. The molecule has 2 aliphatic heterocycles. The van der Waals surface area contributed by atoms with E-state index in [-0.39, 0.29) is 17.2 Å². The predicted molar refractivity (Wildman–Crippen MR) is 89.2 cm³/mol. The Morgan fingerprint density at radius 1 is 1.13 bits per heavy atom. The third-order valence-electron chi connectivity index (χ3n) is 6.47. The van der Waals surface area contributed by atoms with Crippen LogP contribution in [0.2, 0.25) is 0 Å². The molecule has 2 saturated heterocycles. The van der Waals surface area contributed by atoms with Gasteiger partial charge >= 0.3 is 0 Å². The number of methoxy groups -OCH3 is 2. The number of likely N-dealkylation sites (tertiary alicyclic amines) is 1. The topological polar surface area (TPSA) is 30.9 Å². The van der Waals surface area contributed by atoms with Crippen LogP contribution in [0.4, 0.5) is 0 Å². The minimum atomic E-state index is -0.0257. The zero-order valence-corrected chi connectivity index (χ0v) is 14.4. The molecule has 2 bridgehead atoms. The summed E-state index contributed by atoms with van der Waals surface area (Å²) in [5.41, 5.74) is 1.32. The number of piperidine rings is 1. The Kier molecular flexibility index (Phi) is 3.58. The van der Waals surface area contributed by atoms with Crippen LogP contribution in [0.3, 0.4) is 0 Å². The lowest BCUT2D eigenvalue weighted by molar-refractivity contribution is -0.0932. The zero-order chi connectivity index (χ0) is 16.1. The van der Waals surface area contributed by atoms with Gasteiger partial charge in [0.15, 0.2) is 11.5 Å². The van der Waals surface area contributed by atoms with Crippen molar-refractivity contribution in [2.24, 2.45) is 0 Å². The van der Waals surface area contributed by atoms with E-state index in [0.29, 0.717) is 0 Å². The summed E-state index contributed by atoms with van der Waals surface area (Å²) < 4.78 is 18.1. The molecular formula is C19H27NO3. The summed E-state index contributed by atoms with van der Waals surface area (Å²) in [5, 5.41) is 0. The monoisotopic (exact) mass is 317 g/mol. The van der Waals surface area contributed by atoms with Crippen LogP contribution in [0.25, 0.3) is 0 Å². The second-order valence-corrected chi connectivity index (χ2v) is 7.33. The van der Waals surface area contributed by atoms with Gasteiger partial charge in [0.2, 0.25) is 0 Å². The summed E-state index contributed by atoms with van der Waals surface area (Å²) in [6.07, 6.45) is 7.29. The number of para-hydroxylation sites is 1. The van der Waals surface area contributed by atoms with Crippen LogP contribution in [0.15, 0.2) is 18.2 Å². The molecule has 3 aliphatic rings. The Balaban J connectivity index is 1.88. The Morgan fingerprint density at radius 3 is 2.61 bits per heavy atom. The number of benzene rings is 1. The summed E-state index contributed by atoms with van der Waals surface area (Å²) >= 11 is 0. The molecule has 1 aromatic rings. The van der Waals surface area contributed by atoms with Crippen LogP contribution in [-0.4, -0.2) is 44.5 Å². The molecule has 4 nitrogen and oxygen atoms in total. The molecule has 0 radical (unpaired) electrons. The number of ether oxygens (including phenoxy) is 3. The van der Waals surface area contributed by atoms with Crippen molar-refractivity contribution in [3.63, 3.8) is 0 Å². The fourth-order valence-electron chi connectivity index (χ4n) is 5.28. The van der Waals surface area contributed by atoms with E-state index in [1.54, 1.807) is 14.2 Å². The molecule has 0 amide bonds. The van der Waals surface area contributed by atoms with Crippen LogP contribution < -0.4 is 9.47 Å². The standard InChI is InChI=1S/C19H27NO3/c1-20-12-11-18(13-16(20)23-19(18)9-4-5-10-19)14-7-6-8-15(21-2)17(14)22-3/h6-8,16H,4-5,9-13H2,1-3H3. The van der Waals surface area contributed by atoms with Crippen LogP contribution in [0.1, 0.15) is 44.1 Å². The van der Waals surface area contributed by atoms with Crippen LogP contribution in [-0.2, 0) is 10.2 Å². The molecule has 2 atom stereocenters. The average molecular weight is 317 g/mol. The van der Waals surface area contributed by atoms with Crippen LogP contribution >= 0.6 is 0 Å². The quantitative estimate of drug-likeness (QED) is 0.855. The predicted octanol–water partition coefficient (Wildman–Crippen LogP) is 3.34. The van der Waals surface area contributed by atoms with Crippen molar-refractivity contribution in [3.05, 3.63) is 23.8 Å². The van der Waals surface area contributed by atoms with E-state index in [2.05, 4.69) is 24.1 Å². The first-order valence-corrected chi connectivity index (χ1v) is 8.75. The van der Waals surface area contributed by atoms with E-state index in [4.69, 9.17) is 14.2 Å². The van der Waals surface area contributed by atoms with Gasteiger partial charge in [-0.25, -0.2) is 0 Å². The molecule has 2 heterocycles. The summed E-state index contributed by atoms with van der Waals surface area (Å²) in [6.45, 7) is 1.08. The summed E-state index contributed by atoms with van der Waals surface area (Å²) in [4.78, 5) is 2.37. The second kappa shape index (κ2) is 5.38. The van der Waals surface area contributed by atoms with Crippen molar-refractivity contribution >= 4 is 0 Å². The largest absolute Gasteiger partial charge is 0.493 e. The van der Waals surface area contributed by atoms with E-state index in [9.17, 15) is 0 Å². The summed E-state index contributed by atoms with van der Waals surface area (Å²) in [5.74, 6) is 1.73. The van der Waals surface area contributed by atoms with Gasteiger partial charge in [0.05, 0.1) is 19.8 Å². The fraction of sp³-hybridized carbons (Fsp3) is 0.684. The zero-order valence-electron chi connectivity index (χ0n) is 14.4. The first-order chi connectivity index (χ1) is 11.2. The third-order valence-corrected chi connectivity index (χ3v) is 6.47. The lowest BCUT2D eigenvalue weighted by atomic mass is 9.62. The maximum Gasteiger partial charge on any atom is 0.164 e. The average Bonchev–Trinajstić information content (AvgIpc) is 3.16. The van der Waals surface area contributed by atoms with Crippen molar-refractivity contribution in [2.75, 3.05) is 27.8 Å². The van der Waals surface area contributed by atoms with Gasteiger partial charge in [0.25, 0.3) is 0 Å². The SMILES string of the molecule is COc1cccc(C23CCN(C)C(C2)OC32CCCC2)c1OC. The van der Waals surface area contributed by atoms with E-state index in [1.165, 1.54) is 18.4 Å². The minimum absolute atomic E-state index is 0.0257. The Labute approximate surface area is 138 Å². The molecule has 4 rings (SSSR count). The summed E-state index contributed by atoms with van der Waals surface area (Å²) in [7, 11) is 5.65. The molecular weight excluding hydrogens is 290 g/mol. The first-order valence-electron chi connectivity index (χ1n) is 8.75. The van der Waals surface area contributed by atoms with Crippen molar-refractivity contribution in [2.45, 2.75) is 55.8 Å². The lowest BCUT2D eigenvalue weighted by Gasteiger charge is -2.44. The molecule has 1 aliphatic carbocycles. The maximum atomic E-state index is 6.71. The Morgan fingerprint density at radius 2 is 1.91 bits per heavy atom. The molecule has 4 heteroatoms. The van der Waals surface area contributed by atoms with Crippen LogP contribution in [0, 0.1) is 0 Å². The second-order valence-electron chi connectivity index (χ2n) is 7.33. The smallest absolute Gasteiger partial charge is 0.164 e. The van der Waals surface area contributed by atoms with Crippen molar-refractivity contribution in [1.82, 2.24) is 4.90 Å². The number of rotatable bonds is 3. The number of hydrogen-bond donors (Lipinski definition) is 0. The molecule has 0 N–H and O–H groups in total. The van der Waals surface area contributed by atoms with Gasteiger partial charge in [-0.3, -0.25) is 4.90 Å². The van der Waals surface area contributed by atoms with E-state index >= 15 is 0 Å². The highest BCUT2D eigenvalue weighted by atomic mass is 16.5. The van der Waals surface area contributed by atoms with Gasteiger partial charge in [0.1, 0.15) is 6.23 Å². The number of hydrogen-bond acceptors (Lipinski definition) is 4. The summed E-state index contributed by atoms with van der Waals surface area (Å²) in [6, 6.07) is 6.32. The van der Waals surface area contributed by atoms with E-state index < -0.39 is 0 Å². The molecule has 126 valence electrons. The van der Waals surface area contributed by atoms with Gasteiger partial charge in [0, 0.05) is 17.5 Å². The van der Waals surface area contributed by atoms with E-state index in [0.717, 1.165) is 43.7 Å². The first kappa shape index (κ1) is 15.3. The highest BCUT2D eigenvalue weighted by Gasteiger charge is 2.64. The highest BCUT2D eigenvalue weighted by Crippen LogP contribution is 2.62. The lowest BCUT2D eigenvalue weighted by Crippen LogP contribution is -2.48. The maximum absolute atomic E-state index is 6.71. The Hall–Kier alpha value is -1.26. The molecule has 2 unspecified atom stereocenters. The van der Waals surface area contributed by atoms with Gasteiger partial charge in [-0.05, 0) is 38.8 Å². The highest BCUT2D eigenvalue weighted by molar-refractivity contribution is 5.52. The van der Waals surface area contributed by atoms with E-state index in [1.807, 2.05) is 6.07 Å². The third kappa shape index (κ3) is 1.97. The molecule has 1 saturated carbocycles. The van der Waals surface area contributed by atoms with Crippen molar-refractivity contribution in [3.8, 4) is 11.5 Å². The van der Waals surface area contributed by atoms with Gasteiger partial charge in [-0.1, -0.05) is 25.0 Å². The van der Waals surface area contributed by atoms with Crippen molar-refractivity contribution < 1.29 is 14.2 Å². The molecule has 23 heavy (non-hydrogen) atoms. The van der Waals surface area contributed by atoms with Crippen LogP contribution in [0.5, 0.6) is 11.5 Å². The van der Waals surface area contributed by atoms with Gasteiger partial charge in [-0.15, -0.1) is 0 Å².